The highest BCUT2D eigenvalue weighted by Gasteiger charge is 2.18. The zero-order valence-corrected chi connectivity index (χ0v) is 13.0. The topological polar surface area (TPSA) is 43.8 Å². The van der Waals surface area contributed by atoms with E-state index in [9.17, 15) is 0 Å². The summed E-state index contributed by atoms with van der Waals surface area (Å²) in [5.74, 6) is 0. The number of aryl methyl sites for hydroxylation is 3. The predicted octanol–water partition coefficient (Wildman–Crippen LogP) is 3.16. The van der Waals surface area contributed by atoms with Gasteiger partial charge in [-0.2, -0.15) is 5.10 Å². The first-order valence-electron chi connectivity index (χ1n) is 7.37. The number of nitrogens with zero attached hydrogens (tertiary/aromatic N) is 2. The summed E-state index contributed by atoms with van der Waals surface area (Å²) >= 11 is 0. The first-order chi connectivity index (χ1) is 9.68. The van der Waals surface area contributed by atoms with Crippen molar-refractivity contribution in [1.29, 1.82) is 0 Å². The molecule has 0 fully saturated rings. The minimum Gasteiger partial charge on any atom is -0.333 e. The summed E-state index contributed by atoms with van der Waals surface area (Å²) in [6, 6.07) is 6.76. The number of benzene rings is 1. The Morgan fingerprint density at radius 3 is 2.45 bits per heavy atom. The fourth-order valence-electron chi connectivity index (χ4n) is 3.18. The average molecular weight is 271 g/mol. The Hall–Kier alpha value is -1.61. The Bertz CT molecular complexity index is 597. The lowest BCUT2D eigenvalue weighted by atomic mass is 9.85. The van der Waals surface area contributed by atoms with Gasteiger partial charge in [-0.15, -0.1) is 0 Å². The normalized spacial score (nSPS) is 13.4. The van der Waals surface area contributed by atoms with Gasteiger partial charge in [0.05, 0.1) is 5.69 Å². The molecule has 108 valence electrons. The van der Waals surface area contributed by atoms with Crippen LogP contribution in [0, 0.1) is 13.8 Å². The number of fused-ring (bicyclic) bond motifs is 1. The molecule has 20 heavy (non-hydrogen) atoms. The molecule has 1 aliphatic carbocycles. The maximum absolute atomic E-state index is 4.55. The van der Waals surface area contributed by atoms with E-state index < -0.39 is 0 Å². The molecular formula is C17H25N3. The molecule has 1 heterocycles. The second-order valence-corrected chi connectivity index (χ2v) is 5.32. The maximum atomic E-state index is 4.55. The first-order valence-corrected chi connectivity index (χ1v) is 7.37. The van der Waals surface area contributed by atoms with Crippen molar-refractivity contribution in [2.45, 2.75) is 39.5 Å². The molecule has 2 N–H and O–H groups in total. The quantitative estimate of drug-likeness (QED) is 0.866. The van der Waals surface area contributed by atoms with Gasteiger partial charge in [0.2, 0.25) is 0 Å². The van der Waals surface area contributed by atoms with Crippen molar-refractivity contribution in [3.05, 3.63) is 40.7 Å². The van der Waals surface area contributed by atoms with E-state index in [0.717, 1.165) is 5.69 Å². The summed E-state index contributed by atoms with van der Waals surface area (Å²) in [4.78, 5) is 0. The van der Waals surface area contributed by atoms with Crippen molar-refractivity contribution < 1.29 is 0 Å². The van der Waals surface area contributed by atoms with Crippen LogP contribution in [0.4, 0.5) is 0 Å². The Kier molecular flexibility index (Phi) is 4.61. The summed E-state index contributed by atoms with van der Waals surface area (Å²) in [5, 5.41) is 4.55. The van der Waals surface area contributed by atoms with Crippen LogP contribution >= 0.6 is 0 Å². The van der Waals surface area contributed by atoms with Crippen LogP contribution in [0.25, 0.3) is 11.1 Å². The minimum absolute atomic E-state index is 1.15. The van der Waals surface area contributed by atoms with Crippen molar-refractivity contribution in [2.75, 3.05) is 7.05 Å². The van der Waals surface area contributed by atoms with E-state index in [-0.39, 0.29) is 0 Å². The van der Waals surface area contributed by atoms with Crippen LogP contribution in [0.15, 0.2) is 18.2 Å². The molecule has 0 spiro atoms. The van der Waals surface area contributed by atoms with Crippen LogP contribution < -0.4 is 5.73 Å². The summed E-state index contributed by atoms with van der Waals surface area (Å²) < 4.78 is 1.99. The molecule has 1 aromatic carbocycles. The van der Waals surface area contributed by atoms with Crippen LogP contribution in [0.5, 0.6) is 0 Å². The SMILES string of the molecule is CN.Cc1nn(C)c(C)c1-c1cccc2c1CCCC2. The number of nitrogens with two attached hydrogens (primary N) is 1. The predicted molar refractivity (Wildman–Crippen MR) is 84.9 cm³/mol. The lowest BCUT2D eigenvalue weighted by Crippen LogP contribution is -2.04. The van der Waals surface area contributed by atoms with Crippen molar-refractivity contribution in [1.82, 2.24) is 9.78 Å². The highest BCUT2D eigenvalue weighted by Crippen LogP contribution is 2.34. The van der Waals surface area contributed by atoms with E-state index in [0.29, 0.717) is 0 Å². The third kappa shape index (κ3) is 2.50. The number of rotatable bonds is 1. The van der Waals surface area contributed by atoms with Crippen molar-refractivity contribution in [3.8, 4) is 11.1 Å². The minimum atomic E-state index is 1.15. The lowest BCUT2D eigenvalue weighted by molar-refractivity contribution is 0.686. The molecule has 1 aromatic heterocycles. The molecule has 0 radical (unpaired) electrons. The van der Waals surface area contributed by atoms with E-state index in [1.54, 1.807) is 11.1 Å². The molecule has 3 nitrogen and oxygen atoms in total. The maximum Gasteiger partial charge on any atom is 0.0674 e. The Morgan fingerprint density at radius 2 is 1.80 bits per heavy atom. The van der Waals surface area contributed by atoms with Gasteiger partial charge in [0.15, 0.2) is 0 Å². The summed E-state index contributed by atoms with van der Waals surface area (Å²) in [6.07, 6.45) is 5.12. The molecule has 0 saturated heterocycles. The van der Waals surface area contributed by atoms with Crippen LogP contribution in [-0.4, -0.2) is 16.8 Å². The van der Waals surface area contributed by atoms with E-state index in [4.69, 9.17) is 0 Å². The molecule has 3 rings (SSSR count). The lowest BCUT2D eigenvalue weighted by Gasteiger charge is -2.19. The molecule has 2 aromatic rings. The van der Waals surface area contributed by atoms with Crippen LogP contribution in [0.1, 0.15) is 35.4 Å². The van der Waals surface area contributed by atoms with Crippen LogP contribution in [0.2, 0.25) is 0 Å². The summed E-state index contributed by atoms with van der Waals surface area (Å²) in [6.45, 7) is 4.28. The molecule has 3 heteroatoms. The standard InChI is InChI=1S/C16H20N2.CH5N/c1-11-16(12(2)18(3)17-11)15-10-6-8-13-7-4-5-9-14(13)15;1-2/h6,8,10H,4-5,7,9H2,1-3H3;2H2,1H3. The van der Waals surface area contributed by atoms with Crippen molar-refractivity contribution >= 4 is 0 Å². The van der Waals surface area contributed by atoms with Crippen LogP contribution in [-0.2, 0) is 19.9 Å². The first kappa shape index (κ1) is 14.8. The van der Waals surface area contributed by atoms with E-state index in [2.05, 4.69) is 42.9 Å². The fourth-order valence-corrected chi connectivity index (χ4v) is 3.18. The number of hydrogen-bond donors (Lipinski definition) is 1. The number of aromatic nitrogens is 2. The van der Waals surface area contributed by atoms with E-state index in [1.807, 2.05) is 11.7 Å². The van der Waals surface area contributed by atoms with Gasteiger partial charge in [0, 0.05) is 18.3 Å². The van der Waals surface area contributed by atoms with Gasteiger partial charge in [-0.1, -0.05) is 18.2 Å². The largest absolute Gasteiger partial charge is 0.333 e. The highest BCUT2D eigenvalue weighted by molar-refractivity contribution is 5.73. The summed E-state index contributed by atoms with van der Waals surface area (Å²) in [5.41, 5.74) is 12.8. The van der Waals surface area contributed by atoms with Crippen molar-refractivity contribution in [3.63, 3.8) is 0 Å². The summed E-state index contributed by atoms with van der Waals surface area (Å²) in [7, 11) is 3.53. The fraction of sp³-hybridized carbons (Fsp3) is 0.471. The highest BCUT2D eigenvalue weighted by atomic mass is 15.3. The second kappa shape index (κ2) is 6.23. The van der Waals surface area contributed by atoms with Gasteiger partial charge < -0.3 is 5.73 Å². The molecular weight excluding hydrogens is 246 g/mol. The smallest absolute Gasteiger partial charge is 0.0674 e. The third-order valence-electron chi connectivity index (χ3n) is 4.17. The second-order valence-electron chi connectivity index (χ2n) is 5.32. The Labute approximate surface area is 121 Å². The van der Waals surface area contributed by atoms with Gasteiger partial charge in [0.25, 0.3) is 0 Å². The van der Waals surface area contributed by atoms with E-state index >= 15 is 0 Å². The number of hydrogen-bond acceptors (Lipinski definition) is 2. The third-order valence-corrected chi connectivity index (χ3v) is 4.17. The molecule has 0 atom stereocenters. The molecule has 0 bridgehead atoms. The molecule has 0 amide bonds. The zero-order valence-electron chi connectivity index (χ0n) is 13.0. The van der Waals surface area contributed by atoms with Gasteiger partial charge >= 0.3 is 0 Å². The Morgan fingerprint density at radius 1 is 1.10 bits per heavy atom. The molecule has 1 aliphatic rings. The van der Waals surface area contributed by atoms with Crippen molar-refractivity contribution in [2.24, 2.45) is 12.8 Å². The zero-order chi connectivity index (χ0) is 14.7. The molecule has 0 saturated carbocycles. The van der Waals surface area contributed by atoms with Gasteiger partial charge in [-0.3, -0.25) is 4.68 Å². The van der Waals surface area contributed by atoms with E-state index in [1.165, 1.54) is 49.6 Å². The van der Waals surface area contributed by atoms with Crippen LogP contribution in [0.3, 0.4) is 0 Å². The van der Waals surface area contributed by atoms with Gasteiger partial charge in [0.1, 0.15) is 0 Å². The molecule has 0 aliphatic heterocycles. The van der Waals surface area contributed by atoms with Gasteiger partial charge in [-0.25, -0.2) is 0 Å². The Balaban J connectivity index is 0.000000704. The molecule has 0 unspecified atom stereocenters. The average Bonchev–Trinajstić information content (AvgIpc) is 2.74. The monoisotopic (exact) mass is 271 g/mol. The van der Waals surface area contributed by atoms with Gasteiger partial charge in [-0.05, 0) is 63.3 Å².